The Morgan fingerprint density at radius 3 is 2.80 bits per heavy atom. The summed E-state index contributed by atoms with van der Waals surface area (Å²) in [7, 11) is 0. The van der Waals surface area contributed by atoms with Crippen molar-refractivity contribution < 1.29 is 9.32 Å². The number of amides is 1. The lowest BCUT2D eigenvalue weighted by Gasteiger charge is -2.11. The lowest BCUT2D eigenvalue weighted by molar-refractivity contribution is -0.122. The van der Waals surface area contributed by atoms with Crippen molar-refractivity contribution in [2.24, 2.45) is 5.73 Å². The molecule has 2 aromatic rings. The molecule has 20 heavy (non-hydrogen) atoms. The number of carbonyl (C=O) groups is 1. The molecule has 106 valence electrons. The molecule has 2 rings (SSSR count). The van der Waals surface area contributed by atoms with Crippen LogP contribution in [0.25, 0.3) is 0 Å². The smallest absolute Gasteiger partial charge is 0.237 e. The Morgan fingerprint density at radius 2 is 2.15 bits per heavy atom. The van der Waals surface area contributed by atoms with Crippen molar-refractivity contribution in [1.29, 1.82) is 0 Å². The van der Waals surface area contributed by atoms with Gasteiger partial charge in [-0.3, -0.25) is 4.79 Å². The van der Waals surface area contributed by atoms with Crippen LogP contribution in [0.15, 0.2) is 34.9 Å². The predicted octanol–water partition coefficient (Wildman–Crippen LogP) is 0.607. The summed E-state index contributed by atoms with van der Waals surface area (Å²) in [4.78, 5) is 15.9. The van der Waals surface area contributed by atoms with Crippen molar-refractivity contribution >= 4 is 5.91 Å². The first kappa shape index (κ1) is 14.2. The molecule has 0 fully saturated rings. The minimum Gasteiger partial charge on any atom is -0.354 e. The van der Waals surface area contributed by atoms with Gasteiger partial charge in [-0.1, -0.05) is 35.5 Å². The van der Waals surface area contributed by atoms with E-state index in [-0.39, 0.29) is 5.91 Å². The standard InChI is InChI=1S/C14H18N4O2/c1-10-17-13(18-20-10)7-8-16-14(19)12(15)9-11-5-3-2-4-6-11/h2-6,12H,7-9,15H2,1H3,(H,16,19). The maximum absolute atomic E-state index is 11.8. The monoisotopic (exact) mass is 274 g/mol. The van der Waals surface area contributed by atoms with Crippen LogP contribution in [0.5, 0.6) is 0 Å². The van der Waals surface area contributed by atoms with E-state index in [1.54, 1.807) is 6.92 Å². The Balaban J connectivity index is 1.74. The summed E-state index contributed by atoms with van der Waals surface area (Å²) in [5, 5.41) is 6.53. The molecule has 0 aliphatic carbocycles. The molecule has 0 saturated heterocycles. The fraction of sp³-hybridized carbons (Fsp3) is 0.357. The molecular weight excluding hydrogens is 256 g/mol. The highest BCUT2D eigenvalue weighted by Crippen LogP contribution is 2.02. The molecule has 0 bridgehead atoms. The third-order valence-electron chi connectivity index (χ3n) is 2.85. The number of benzene rings is 1. The number of carbonyl (C=O) groups excluding carboxylic acids is 1. The van der Waals surface area contributed by atoms with E-state index in [1.165, 1.54) is 0 Å². The van der Waals surface area contributed by atoms with Crippen molar-refractivity contribution in [3.63, 3.8) is 0 Å². The summed E-state index contributed by atoms with van der Waals surface area (Å²) in [6.45, 7) is 2.17. The van der Waals surface area contributed by atoms with Crippen LogP contribution in [0.1, 0.15) is 17.3 Å². The van der Waals surface area contributed by atoms with E-state index < -0.39 is 6.04 Å². The Morgan fingerprint density at radius 1 is 1.40 bits per heavy atom. The third-order valence-corrected chi connectivity index (χ3v) is 2.85. The van der Waals surface area contributed by atoms with E-state index in [0.29, 0.717) is 31.1 Å². The first-order chi connectivity index (χ1) is 9.65. The molecule has 0 spiro atoms. The summed E-state index contributed by atoms with van der Waals surface area (Å²) in [6, 6.07) is 9.15. The number of rotatable bonds is 6. The van der Waals surface area contributed by atoms with Gasteiger partial charge < -0.3 is 15.6 Å². The number of hydrogen-bond acceptors (Lipinski definition) is 5. The second kappa shape index (κ2) is 6.81. The number of nitrogens with zero attached hydrogens (tertiary/aromatic N) is 2. The first-order valence-corrected chi connectivity index (χ1v) is 6.51. The van der Waals surface area contributed by atoms with Gasteiger partial charge in [-0.2, -0.15) is 4.98 Å². The molecule has 1 unspecified atom stereocenters. The summed E-state index contributed by atoms with van der Waals surface area (Å²) in [6.07, 6.45) is 1.05. The largest absolute Gasteiger partial charge is 0.354 e. The zero-order valence-electron chi connectivity index (χ0n) is 11.4. The zero-order valence-corrected chi connectivity index (χ0v) is 11.4. The zero-order chi connectivity index (χ0) is 14.4. The molecule has 0 radical (unpaired) electrons. The SMILES string of the molecule is Cc1nc(CCNC(=O)C(N)Cc2ccccc2)no1. The van der Waals surface area contributed by atoms with Gasteiger partial charge in [0, 0.05) is 19.9 Å². The fourth-order valence-corrected chi connectivity index (χ4v) is 1.83. The molecule has 1 aromatic carbocycles. The van der Waals surface area contributed by atoms with Crippen molar-refractivity contribution in [3.8, 4) is 0 Å². The highest BCUT2D eigenvalue weighted by molar-refractivity contribution is 5.81. The van der Waals surface area contributed by atoms with E-state index in [2.05, 4.69) is 15.5 Å². The summed E-state index contributed by atoms with van der Waals surface area (Å²) in [5.41, 5.74) is 6.92. The van der Waals surface area contributed by atoms with Gasteiger partial charge in [0.25, 0.3) is 0 Å². The molecule has 1 atom stereocenters. The predicted molar refractivity (Wildman–Crippen MR) is 73.9 cm³/mol. The number of aryl methyl sites for hydroxylation is 1. The van der Waals surface area contributed by atoms with Crippen LogP contribution in [0.3, 0.4) is 0 Å². The molecule has 0 saturated carbocycles. The summed E-state index contributed by atoms with van der Waals surface area (Å²) in [5.74, 6) is 0.931. The lowest BCUT2D eigenvalue weighted by atomic mass is 10.1. The molecule has 0 aliphatic rings. The number of aromatic nitrogens is 2. The number of nitrogens with two attached hydrogens (primary N) is 1. The second-order valence-electron chi connectivity index (χ2n) is 4.57. The van der Waals surface area contributed by atoms with Gasteiger partial charge in [-0.05, 0) is 12.0 Å². The minimum absolute atomic E-state index is 0.172. The highest BCUT2D eigenvalue weighted by Gasteiger charge is 2.13. The normalized spacial score (nSPS) is 12.1. The molecule has 6 nitrogen and oxygen atoms in total. The van der Waals surface area contributed by atoms with Crippen molar-refractivity contribution in [3.05, 3.63) is 47.6 Å². The van der Waals surface area contributed by atoms with Gasteiger partial charge in [0.15, 0.2) is 5.82 Å². The maximum Gasteiger partial charge on any atom is 0.237 e. The van der Waals surface area contributed by atoms with Gasteiger partial charge in [-0.15, -0.1) is 0 Å². The Labute approximate surface area is 117 Å². The highest BCUT2D eigenvalue weighted by atomic mass is 16.5. The van der Waals surface area contributed by atoms with Gasteiger partial charge >= 0.3 is 0 Å². The lowest BCUT2D eigenvalue weighted by Crippen LogP contribution is -2.42. The Hall–Kier alpha value is -2.21. The van der Waals surface area contributed by atoms with E-state index in [9.17, 15) is 4.79 Å². The van der Waals surface area contributed by atoms with E-state index in [4.69, 9.17) is 10.3 Å². The van der Waals surface area contributed by atoms with Crippen LogP contribution in [0.2, 0.25) is 0 Å². The van der Waals surface area contributed by atoms with Gasteiger partial charge in [0.2, 0.25) is 11.8 Å². The van der Waals surface area contributed by atoms with E-state index in [0.717, 1.165) is 5.56 Å². The molecule has 1 amide bonds. The van der Waals surface area contributed by atoms with Crippen molar-refractivity contribution in [2.45, 2.75) is 25.8 Å². The quantitative estimate of drug-likeness (QED) is 0.804. The maximum atomic E-state index is 11.8. The minimum atomic E-state index is -0.551. The van der Waals surface area contributed by atoms with Gasteiger partial charge in [-0.25, -0.2) is 0 Å². The van der Waals surface area contributed by atoms with Gasteiger partial charge in [0.05, 0.1) is 6.04 Å². The van der Waals surface area contributed by atoms with E-state index in [1.807, 2.05) is 30.3 Å². The van der Waals surface area contributed by atoms with E-state index >= 15 is 0 Å². The second-order valence-corrected chi connectivity index (χ2v) is 4.57. The topological polar surface area (TPSA) is 94.0 Å². The summed E-state index contributed by atoms with van der Waals surface area (Å²) < 4.78 is 4.85. The Kier molecular flexibility index (Phi) is 4.84. The van der Waals surface area contributed by atoms with Crippen LogP contribution in [0, 0.1) is 6.92 Å². The average Bonchev–Trinajstić information content (AvgIpc) is 2.85. The number of nitrogens with one attached hydrogen (secondary N) is 1. The first-order valence-electron chi connectivity index (χ1n) is 6.51. The van der Waals surface area contributed by atoms with Crippen molar-refractivity contribution in [2.75, 3.05) is 6.54 Å². The Bertz CT molecular complexity index is 553. The summed E-state index contributed by atoms with van der Waals surface area (Å²) >= 11 is 0. The molecule has 6 heteroatoms. The molecular formula is C14H18N4O2. The van der Waals surface area contributed by atoms with Crippen LogP contribution in [-0.4, -0.2) is 28.6 Å². The van der Waals surface area contributed by atoms with Crippen LogP contribution < -0.4 is 11.1 Å². The fourth-order valence-electron chi connectivity index (χ4n) is 1.83. The molecule has 1 aromatic heterocycles. The van der Waals surface area contributed by atoms with Crippen LogP contribution in [0.4, 0.5) is 0 Å². The van der Waals surface area contributed by atoms with Crippen molar-refractivity contribution in [1.82, 2.24) is 15.5 Å². The average molecular weight is 274 g/mol. The van der Waals surface area contributed by atoms with Crippen LogP contribution in [-0.2, 0) is 17.6 Å². The van der Waals surface area contributed by atoms with Crippen LogP contribution >= 0.6 is 0 Å². The third kappa shape index (κ3) is 4.17. The number of hydrogen-bond donors (Lipinski definition) is 2. The molecule has 3 N–H and O–H groups in total. The molecule has 1 heterocycles. The molecule has 0 aliphatic heterocycles. The van der Waals surface area contributed by atoms with Gasteiger partial charge in [0.1, 0.15) is 0 Å².